The molecule has 2 N–H and O–H groups in total. The van der Waals surface area contributed by atoms with Gasteiger partial charge < -0.3 is 14.9 Å². The van der Waals surface area contributed by atoms with E-state index >= 15 is 0 Å². The Balaban J connectivity index is 1.45. The first kappa shape index (κ1) is 19.8. The Morgan fingerprint density at radius 3 is 2.30 bits per heavy atom. The molecule has 1 aromatic rings. The molecule has 3 rings (SSSR count). The first-order chi connectivity index (χ1) is 12.7. The van der Waals surface area contributed by atoms with Crippen molar-refractivity contribution in [3.63, 3.8) is 0 Å². The second kappa shape index (κ2) is 7.57. The third kappa shape index (κ3) is 4.31. The van der Waals surface area contributed by atoms with E-state index in [-0.39, 0.29) is 12.5 Å². The van der Waals surface area contributed by atoms with Gasteiger partial charge in [-0.25, -0.2) is 4.79 Å². The predicted molar refractivity (Wildman–Crippen MR) is 98.0 cm³/mol. The van der Waals surface area contributed by atoms with Crippen LogP contribution in [-0.2, 0) is 11.3 Å². The van der Waals surface area contributed by atoms with Gasteiger partial charge in [0.05, 0.1) is 18.3 Å². The molecule has 27 heavy (non-hydrogen) atoms. The van der Waals surface area contributed by atoms with Crippen LogP contribution in [0.5, 0.6) is 0 Å². The number of nitrogens with one attached hydrogen (secondary N) is 1. The number of aromatic nitrogens is 1. The van der Waals surface area contributed by atoms with Gasteiger partial charge in [0.15, 0.2) is 0 Å². The minimum Gasteiger partial charge on any atom is -0.390 e. The van der Waals surface area contributed by atoms with Crippen LogP contribution in [0.3, 0.4) is 0 Å². The van der Waals surface area contributed by atoms with Gasteiger partial charge in [-0.3, -0.25) is 19.5 Å². The maximum Gasteiger partial charge on any atom is 0.325 e. The molecule has 2 aliphatic heterocycles. The van der Waals surface area contributed by atoms with E-state index in [4.69, 9.17) is 4.52 Å². The number of amides is 3. The lowest BCUT2D eigenvalue weighted by Crippen LogP contribution is -2.50. The molecule has 3 amide bonds. The van der Waals surface area contributed by atoms with Gasteiger partial charge in [-0.05, 0) is 27.7 Å². The Morgan fingerprint density at radius 2 is 1.78 bits per heavy atom. The van der Waals surface area contributed by atoms with Crippen LogP contribution >= 0.6 is 0 Å². The molecule has 0 bridgehead atoms. The largest absolute Gasteiger partial charge is 0.390 e. The molecule has 2 saturated heterocycles. The number of hydrogen-bond acceptors (Lipinski definition) is 7. The van der Waals surface area contributed by atoms with Gasteiger partial charge in [-0.2, -0.15) is 0 Å². The second-order valence-corrected chi connectivity index (χ2v) is 8.00. The number of aliphatic hydroxyl groups excluding tert-OH is 1. The standard InChI is InChI=1S/C18H29N5O4/c1-12-15(13(2)27-20-12)11-22-7-5-21(6-8-22)9-14(24)10-23-16(25)18(3,4)19-17(23)26/h14,24H,5-11H2,1-4H3,(H,19,26)/t14-/m1/s1. The average Bonchev–Trinajstić information content (AvgIpc) is 3.01. The molecule has 0 spiro atoms. The zero-order valence-electron chi connectivity index (χ0n) is 16.5. The summed E-state index contributed by atoms with van der Waals surface area (Å²) in [6, 6.07) is -0.437. The topological polar surface area (TPSA) is 102 Å². The highest BCUT2D eigenvalue weighted by Gasteiger charge is 2.44. The zero-order valence-corrected chi connectivity index (χ0v) is 16.5. The lowest BCUT2D eigenvalue weighted by Gasteiger charge is -2.35. The quantitative estimate of drug-likeness (QED) is 0.676. The first-order valence-electron chi connectivity index (χ1n) is 9.36. The van der Waals surface area contributed by atoms with Gasteiger partial charge in [-0.15, -0.1) is 0 Å². The highest BCUT2D eigenvalue weighted by molar-refractivity contribution is 6.06. The highest BCUT2D eigenvalue weighted by Crippen LogP contribution is 2.18. The van der Waals surface area contributed by atoms with E-state index in [0.29, 0.717) is 6.54 Å². The van der Waals surface area contributed by atoms with Crippen molar-refractivity contribution in [1.82, 2.24) is 25.2 Å². The molecule has 0 aliphatic carbocycles. The van der Waals surface area contributed by atoms with Crippen molar-refractivity contribution in [1.29, 1.82) is 0 Å². The van der Waals surface area contributed by atoms with Crippen molar-refractivity contribution in [3.05, 3.63) is 17.0 Å². The Labute approximate surface area is 159 Å². The normalized spacial score (nSPS) is 22.3. The molecular formula is C18H29N5O4. The Kier molecular flexibility index (Phi) is 5.55. The number of imide groups is 1. The number of carbonyl (C=O) groups excluding carboxylic acids is 2. The fraction of sp³-hybridized carbons (Fsp3) is 0.722. The van der Waals surface area contributed by atoms with E-state index in [0.717, 1.165) is 54.6 Å². The molecule has 1 aromatic heterocycles. The van der Waals surface area contributed by atoms with E-state index in [1.807, 2.05) is 13.8 Å². The summed E-state index contributed by atoms with van der Waals surface area (Å²) >= 11 is 0. The number of piperazine rings is 1. The molecule has 9 nitrogen and oxygen atoms in total. The molecule has 2 aliphatic rings. The summed E-state index contributed by atoms with van der Waals surface area (Å²) in [7, 11) is 0. The van der Waals surface area contributed by atoms with Gasteiger partial charge in [0.1, 0.15) is 11.3 Å². The smallest absolute Gasteiger partial charge is 0.325 e. The summed E-state index contributed by atoms with van der Waals surface area (Å²) in [5.74, 6) is 0.567. The highest BCUT2D eigenvalue weighted by atomic mass is 16.5. The van der Waals surface area contributed by atoms with E-state index in [1.165, 1.54) is 0 Å². The van der Waals surface area contributed by atoms with Crippen LogP contribution in [0.2, 0.25) is 0 Å². The number of carbonyl (C=O) groups is 2. The van der Waals surface area contributed by atoms with Gasteiger partial charge in [0, 0.05) is 44.8 Å². The summed E-state index contributed by atoms with van der Waals surface area (Å²) in [5.41, 5.74) is 1.17. The third-order valence-electron chi connectivity index (χ3n) is 5.33. The average molecular weight is 379 g/mol. The molecule has 2 fully saturated rings. The van der Waals surface area contributed by atoms with Gasteiger partial charge in [0.2, 0.25) is 0 Å². The number of urea groups is 1. The lowest BCUT2D eigenvalue weighted by atomic mass is 10.1. The van der Waals surface area contributed by atoms with Crippen LogP contribution in [0.4, 0.5) is 4.79 Å². The Hall–Kier alpha value is -1.97. The van der Waals surface area contributed by atoms with Crippen LogP contribution in [0.1, 0.15) is 30.9 Å². The summed E-state index contributed by atoms with van der Waals surface area (Å²) < 4.78 is 5.22. The fourth-order valence-corrected chi connectivity index (χ4v) is 3.63. The number of rotatable bonds is 6. The van der Waals surface area contributed by atoms with Gasteiger partial charge in [0.25, 0.3) is 5.91 Å². The van der Waals surface area contributed by atoms with E-state index in [2.05, 4.69) is 20.3 Å². The van der Waals surface area contributed by atoms with Crippen LogP contribution in [-0.4, -0.2) is 87.8 Å². The van der Waals surface area contributed by atoms with Crippen molar-refractivity contribution in [2.24, 2.45) is 0 Å². The first-order valence-corrected chi connectivity index (χ1v) is 9.36. The molecule has 150 valence electrons. The number of hydrogen-bond donors (Lipinski definition) is 2. The Morgan fingerprint density at radius 1 is 1.15 bits per heavy atom. The summed E-state index contributed by atoms with van der Waals surface area (Å²) in [5, 5.41) is 17.0. The van der Waals surface area contributed by atoms with E-state index < -0.39 is 17.7 Å². The number of aliphatic hydroxyl groups is 1. The molecule has 0 radical (unpaired) electrons. The second-order valence-electron chi connectivity index (χ2n) is 8.00. The number of nitrogens with zero attached hydrogens (tertiary/aromatic N) is 4. The van der Waals surface area contributed by atoms with Crippen molar-refractivity contribution in [3.8, 4) is 0 Å². The molecule has 0 unspecified atom stereocenters. The zero-order chi connectivity index (χ0) is 19.8. The van der Waals surface area contributed by atoms with Gasteiger partial charge >= 0.3 is 6.03 Å². The third-order valence-corrected chi connectivity index (χ3v) is 5.33. The minimum atomic E-state index is -0.902. The van der Waals surface area contributed by atoms with Gasteiger partial charge in [-0.1, -0.05) is 5.16 Å². The van der Waals surface area contributed by atoms with E-state index in [1.54, 1.807) is 13.8 Å². The number of aryl methyl sites for hydroxylation is 2. The molecule has 9 heteroatoms. The van der Waals surface area contributed by atoms with Crippen LogP contribution < -0.4 is 5.32 Å². The van der Waals surface area contributed by atoms with Crippen molar-refractivity contribution < 1.29 is 19.2 Å². The predicted octanol–water partition coefficient (Wildman–Crippen LogP) is 0.100. The maximum atomic E-state index is 12.2. The lowest BCUT2D eigenvalue weighted by molar-refractivity contribution is -0.131. The Bertz CT molecular complexity index is 689. The van der Waals surface area contributed by atoms with Crippen LogP contribution in [0, 0.1) is 13.8 Å². The molecule has 0 aromatic carbocycles. The molecule has 3 heterocycles. The number of β-amino-alcohol motifs (C(OH)–C–C–N with tert-alkyl or cyclic N) is 1. The van der Waals surface area contributed by atoms with Crippen molar-refractivity contribution >= 4 is 11.9 Å². The summed E-state index contributed by atoms with van der Waals surface area (Å²) in [6.45, 7) is 11.9. The minimum absolute atomic E-state index is 0.0212. The monoisotopic (exact) mass is 379 g/mol. The fourth-order valence-electron chi connectivity index (χ4n) is 3.63. The summed E-state index contributed by atoms with van der Waals surface area (Å²) in [4.78, 5) is 29.8. The molecule has 1 atom stereocenters. The van der Waals surface area contributed by atoms with Crippen molar-refractivity contribution in [2.45, 2.75) is 45.9 Å². The van der Waals surface area contributed by atoms with Crippen LogP contribution in [0.15, 0.2) is 4.52 Å². The maximum absolute atomic E-state index is 12.2. The molecule has 0 saturated carbocycles. The van der Waals surface area contributed by atoms with Crippen LogP contribution in [0.25, 0.3) is 0 Å². The van der Waals surface area contributed by atoms with Crippen molar-refractivity contribution in [2.75, 3.05) is 39.3 Å². The van der Waals surface area contributed by atoms with E-state index in [9.17, 15) is 14.7 Å². The summed E-state index contributed by atoms with van der Waals surface area (Å²) in [6.07, 6.45) is -0.761. The molecular weight excluding hydrogens is 350 g/mol. The SMILES string of the molecule is Cc1noc(C)c1CN1CCN(C[C@@H](O)CN2C(=O)NC(C)(C)C2=O)CC1.